The SMILES string of the molecule is Cc1ccc([NH2+]CC(C)(C)[Si](C#COB(OC#C[Si](C(C)(C)C)(C(C)(C)C)C(C)(C)C)OC#C[Si](C(C)(C)C)(C(C)(C)C)C(C)(C)C)(C(C)(C)C)C(C)(C)C)c(C)c1.[C-]#C[Si](C(C)(C)C)(C(C)(C)C)C(C)(C)C. The van der Waals surface area contributed by atoms with Gasteiger partial charge in [0.05, 0.1) is 24.9 Å². The summed E-state index contributed by atoms with van der Waals surface area (Å²) in [6.45, 7) is 86.8. The average Bonchev–Trinajstić information content (AvgIpc) is 3.07. The summed E-state index contributed by atoms with van der Waals surface area (Å²) in [5.41, 5.74) is 18.4. The van der Waals surface area contributed by atoms with E-state index in [0.29, 0.717) is 0 Å². The van der Waals surface area contributed by atoms with Gasteiger partial charge >= 0.3 is 7.32 Å². The first kappa shape index (κ1) is 70.8. The van der Waals surface area contributed by atoms with E-state index in [1.165, 1.54) is 16.8 Å². The van der Waals surface area contributed by atoms with Gasteiger partial charge in [-0.3, -0.25) is 0 Å². The summed E-state index contributed by atoms with van der Waals surface area (Å²) in [6, 6.07) is 6.73. The number of hydrogen-bond acceptors (Lipinski definition) is 3. The zero-order valence-corrected chi connectivity index (χ0v) is 59.3. The quantitative estimate of drug-likeness (QED) is 0.128. The third kappa shape index (κ3) is 14.5. The van der Waals surface area contributed by atoms with Crippen LogP contribution < -0.4 is 5.32 Å². The van der Waals surface area contributed by atoms with Crippen LogP contribution in [0.15, 0.2) is 18.2 Å². The highest BCUT2D eigenvalue weighted by Gasteiger charge is 2.64. The third-order valence-electron chi connectivity index (χ3n) is 17.0. The maximum Gasteiger partial charge on any atom is 0.890 e. The van der Waals surface area contributed by atoms with E-state index in [-0.39, 0.29) is 60.5 Å². The van der Waals surface area contributed by atoms with Crippen molar-refractivity contribution < 1.29 is 19.3 Å². The second kappa shape index (κ2) is 22.6. The van der Waals surface area contributed by atoms with Gasteiger partial charge in [-0.15, -0.1) is 0 Å². The molecule has 0 saturated heterocycles. The summed E-state index contributed by atoms with van der Waals surface area (Å²) in [4.78, 5) is 0. The second-order valence-corrected chi connectivity index (χ2v) is 58.7. The minimum atomic E-state index is -2.63. The van der Waals surface area contributed by atoms with Gasteiger partial charge < -0.3 is 31.2 Å². The van der Waals surface area contributed by atoms with E-state index in [4.69, 9.17) is 20.4 Å². The van der Waals surface area contributed by atoms with Crippen LogP contribution in [0.1, 0.15) is 253 Å². The zero-order chi connectivity index (χ0) is 58.9. The van der Waals surface area contributed by atoms with Gasteiger partial charge in [-0.2, -0.15) is 0 Å². The van der Waals surface area contributed by atoms with Crippen LogP contribution in [0.2, 0.25) is 60.5 Å². The van der Waals surface area contributed by atoms with Crippen molar-refractivity contribution in [1.82, 2.24) is 0 Å². The summed E-state index contributed by atoms with van der Waals surface area (Å²) in [7, 11) is -10.7. The van der Waals surface area contributed by atoms with Gasteiger partial charge in [0.25, 0.3) is 0 Å². The van der Waals surface area contributed by atoms with Crippen LogP contribution in [0.3, 0.4) is 0 Å². The fourth-order valence-corrected chi connectivity index (χ4v) is 49.7. The molecule has 0 unspecified atom stereocenters. The van der Waals surface area contributed by atoms with E-state index in [0.717, 1.165) is 6.54 Å². The van der Waals surface area contributed by atoms with Gasteiger partial charge in [0.2, 0.25) is 0 Å². The van der Waals surface area contributed by atoms with E-state index in [2.05, 4.69) is 320 Å². The maximum atomic E-state index is 7.89. The van der Waals surface area contributed by atoms with Crippen LogP contribution in [-0.2, 0) is 14.0 Å². The van der Waals surface area contributed by atoms with Crippen molar-refractivity contribution >= 4 is 45.3 Å². The molecular weight excluding hydrogens is 954 g/mol. The molecule has 0 spiro atoms. The van der Waals surface area contributed by atoms with Gasteiger partial charge in [0, 0.05) is 10.6 Å². The molecule has 0 saturated carbocycles. The highest BCUT2D eigenvalue weighted by molar-refractivity contribution is 6.96. The third-order valence-corrected chi connectivity index (χ3v) is 45.8. The first-order chi connectivity index (χ1) is 31.7. The van der Waals surface area contributed by atoms with Crippen molar-refractivity contribution in [3.05, 3.63) is 35.7 Å². The molecule has 73 heavy (non-hydrogen) atoms. The number of nitrogens with two attached hydrogens (primary N) is 1. The molecule has 0 aromatic heterocycles. The molecule has 0 aliphatic rings. The summed E-state index contributed by atoms with van der Waals surface area (Å²) in [5.74, 6) is 0. The topological polar surface area (TPSA) is 44.3 Å². The molecule has 416 valence electrons. The van der Waals surface area contributed by atoms with E-state index in [9.17, 15) is 0 Å². The number of rotatable bonds is 7. The monoisotopic (exact) mass is 1070 g/mol. The first-order valence-corrected chi connectivity index (χ1v) is 35.6. The minimum absolute atomic E-state index is 0.0294. The molecule has 0 heterocycles. The predicted octanol–water partition coefficient (Wildman–Crippen LogP) is 19.5. The molecule has 1 rings (SSSR count). The molecule has 2 N–H and O–H groups in total. The molecule has 0 bridgehead atoms. The molecule has 4 nitrogen and oxygen atoms in total. The van der Waals surface area contributed by atoms with Crippen LogP contribution in [0.4, 0.5) is 5.69 Å². The lowest BCUT2D eigenvalue weighted by molar-refractivity contribution is -0.576. The van der Waals surface area contributed by atoms with Crippen LogP contribution in [0, 0.1) is 60.8 Å². The zero-order valence-electron chi connectivity index (χ0n) is 55.3. The highest BCUT2D eigenvalue weighted by atomic mass is 28.3. The number of hydrogen-bond donors (Lipinski definition) is 1. The van der Waals surface area contributed by atoms with Crippen molar-refractivity contribution in [1.29, 1.82) is 0 Å². The Balaban J connectivity index is 0.00000296. The Kier molecular flexibility index (Phi) is 21.9. The Labute approximate surface area is 461 Å². The molecule has 0 fully saturated rings. The molecule has 0 amide bonds. The minimum Gasteiger partial charge on any atom is -0.701 e. The average molecular weight is 1070 g/mol. The van der Waals surface area contributed by atoms with Crippen molar-refractivity contribution in [2.24, 2.45) is 0 Å². The molecule has 0 aliphatic heterocycles. The summed E-state index contributed by atoms with van der Waals surface area (Å²) < 4.78 is 19.3. The van der Waals surface area contributed by atoms with E-state index in [1.54, 1.807) is 0 Å². The Bertz CT molecular complexity index is 2050. The molecule has 0 atom stereocenters. The Morgan fingerprint density at radius 2 is 0.644 bits per heavy atom. The normalized spacial score (nSPS) is 14.4. The lowest BCUT2D eigenvalue weighted by Gasteiger charge is -2.58. The van der Waals surface area contributed by atoms with Gasteiger partial charge in [0.15, 0.2) is 24.2 Å². The van der Waals surface area contributed by atoms with Gasteiger partial charge in [-0.1, -0.05) is 277 Å². The molecule has 0 aliphatic carbocycles. The van der Waals surface area contributed by atoms with E-state index >= 15 is 0 Å². The Morgan fingerprint density at radius 1 is 0.397 bits per heavy atom. The summed E-state index contributed by atoms with van der Waals surface area (Å²) in [6.07, 6.45) is 17.6. The van der Waals surface area contributed by atoms with Crippen molar-refractivity contribution in [3.8, 4) is 40.5 Å². The molecular formula is C64H118BNO3Si4. The van der Waals surface area contributed by atoms with Crippen molar-refractivity contribution in [2.45, 2.75) is 317 Å². The van der Waals surface area contributed by atoms with Crippen LogP contribution in [0.25, 0.3) is 0 Å². The second-order valence-electron chi connectivity index (χ2n) is 33.9. The Hall–Kier alpha value is -2.25. The highest BCUT2D eigenvalue weighted by Crippen LogP contribution is 2.65. The van der Waals surface area contributed by atoms with Gasteiger partial charge in [-0.25, -0.2) is 0 Å². The largest absolute Gasteiger partial charge is 0.890 e. The van der Waals surface area contributed by atoms with Crippen LogP contribution in [0.5, 0.6) is 0 Å². The van der Waals surface area contributed by atoms with Crippen LogP contribution in [-0.4, -0.2) is 46.2 Å². The smallest absolute Gasteiger partial charge is 0.701 e. The fourth-order valence-electron chi connectivity index (χ4n) is 17.6. The van der Waals surface area contributed by atoms with E-state index < -0.39 is 39.6 Å². The number of benzene rings is 1. The van der Waals surface area contributed by atoms with Gasteiger partial charge in [0.1, 0.15) is 13.8 Å². The Morgan fingerprint density at radius 3 is 0.849 bits per heavy atom. The van der Waals surface area contributed by atoms with Crippen LogP contribution >= 0.6 is 0 Å². The fraction of sp³-hybridized carbons (Fsp3) is 0.781. The standard InChI is InChI=1S/C50H90BNO3Si3.C14H27Si/c1-39-29-30-41(40(2)37-39)52-38-50(27,28)58(48(21,22)23,49(24,25)26)36-33-55-51(53-31-34-56(42(3,4)5,43(6,7)8)44(9,10)11)54-32-35-57(45(12,13)14,46(15,16)17)47(18,19)20;1-11-15(12(2,3)4,13(5,6)7)14(8,9)10/h29-30,37,52H,38H2,1-28H3;2-10H3/q;-1/p+1. The molecule has 9 heteroatoms. The van der Waals surface area contributed by atoms with Gasteiger partial charge in [-0.05, 0) is 75.3 Å². The molecule has 1 aromatic carbocycles. The maximum absolute atomic E-state index is 7.89. The lowest BCUT2D eigenvalue weighted by Crippen LogP contribution is -2.83. The van der Waals surface area contributed by atoms with Crippen molar-refractivity contribution in [2.75, 3.05) is 6.54 Å². The van der Waals surface area contributed by atoms with E-state index in [1.807, 2.05) is 0 Å². The molecule has 1 aromatic rings. The lowest BCUT2D eigenvalue weighted by atomic mass is 10.1. The van der Waals surface area contributed by atoms with Crippen molar-refractivity contribution in [3.63, 3.8) is 0 Å². The summed E-state index contributed by atoms with van der Waals surface area (Å²) >= 11 is 0. The number of quaternary nitrogens is 1. The first-order valence-electron chi connectivity index (χ1n) is 27.6. The summed E-state index contributed by atoms with van der Waals surface area (Å²) in [5, 5.41) is 2.45. The predicted molar refractivity (Wildman–Crippen MR) is 336 cm³/mol. The molecule has 0 radical (unpaired) electrons. The number of aryl methyl sites for hydroxylation is 2.